The van der Waals surface area contributed by atoms with Gasteiger partial charge in [0.05, 0.1) is 24.0 Å². The number of primary amides is 1. The summed E-state index contributed by atoms with van der Waals surface area (Å²) in [5, 5.41) is 9.44. The summed E-state index contributed by atoms with van der Waals surface area (Å²) in [5.74, 6) is -0.489. The number of H-pyrrole nitrogens is 1. The minimum Gasteiger partial charge on any atom is -0.392 e. The van der Waals surface area contributed by atoms with Crippen molar-refractivity contribution in [1.82, 2.24) is 9.97 Å². The highest BCUT2D eigenvalue weighted by Crippen LogP contribution is 2.27. The first-order valence-corrected chi connectivity index (χ1v) is 6.16. The lowest BCUT2D eigenvalue weighted by atomic mass is 9.97. The molecule has 1 amide bonds. The van der Waals surface area contributed by atoms with Crippen LogP contribution in [0.25, 0.3) is 22.2 Å². The van der Waals surface area contributed by atoms with Crippen LogP contribution in [-0.2, 0) is 6.61 Å². The fourth-order valence-corrected chi connectivity index (χ4v) is 2.24. The summed E-state index contributed by atoms with van der Waals surface area (Å²) in [4.78, 5) is 18.5. The highest BCUT2D eigenvalue weighted by atomic mass is 16.3. The standard InChI is InChI=1S/C15H13N3O2/c16-15(20)10-1-2-11(7-19)12(5-10)9-3-4-13-14(6-9)18-8-17-13/h1-6,8,19H,7H2,(H2,16,20)(H,17,18). The molecule has 1 aromatic heterocycles. The van der Waals surface area contributed by atoms with Crippen molar-refractivity contribution in [2.45, 2.75) is 6.61 Å². The van der Waals surface area contributed by atoms with Gasteiger partial charge in [0.15, 0.2) is 0 Å². The van der Waals surface area contributed by atoms with Gasteiger partial charge in [-0.3, -0.25) is 4.79 Å². The zero-order valence-electron chi connectivity index (χ0n) is 10.6. The summed E-state index contributed by atoms with van der Waals surface area (Å²) >= 11 is 0. The molecule has 0 saturated carbocycles. The van der Waals surface area contributed by atoms with Crippen molar-refractivity contribution in [2.75, 3.05) is 0 Å². The molecule has 0 bridgehead atoms. The number of aromatic amines is 1. The van der Waals surface area contributed by atoms with Gasteiger partial charge in [0.1, 0.15) is 0 Å². The molecular formula is C15H13N3O2. The van der Waals surface area contributed by atoms with Crippen molar-refractivity contribution in [1.29, 1.82) is 0 Å². The van der Waals surface area contributed by atoms with Gasteiger partial charge in [0.25, 0.3) is 0 Å². The molecule has 0 fully saturated rings. The largest absolute Gasteiger partial charge is 0.392 e. The predicted octanol–water partition coefficient (Wildman–Crippen LogP) is 1.82. The van der Waals surface area contributed by atoms with Gasteiger partial charge < -0.3 is 15.8 Å². The van der Waals surface area contributed by atoms with Crippen LogP contribution in [0.15, 0.2) is 42.7 Å². The van der Waals surface area contributed by atoms with Crippen LogP contribution < -0.4 is 5.73 Å². The quantitative estimate of drug-likeness (QED) is 0.676. The molecule has 20 heavy (non-hydrogen) atoms. The Kier molecular flexibility index (Phi) is 2.96. The number of fused-ring (bicyclic) bond motifs is 1. The number of nitrogens with zero attached hydrogens (tertiary/aromatic N) is 1. The summed E-state index contributed by atoms with van der Waals surface area (Å²) < 4.78 is 0. The average molecular weight is 267 g/mol. The van der Waals surface area contributed by atoms with E-state index in [-0.39, 0.29) is 6.61 Å². The van der Waals surface area contributed by atoms with E-state index in [1.165, 1.54) is 0 Å². The number of carbonyl (C=O) groups excluding carboxylic acids is 1. The van der Waals surface area contributed by atoms with E-state index in [9.17, 15) is 9.90 Å². The van der Waals surface area contributed by atoms with Crippen LogP contribution in [0.4, 0.5) is 0 Å². The lowest BCUT2D eigenvalue weighted by molar-refractivity contribution is 0.1000. The van der Waals surface area contributed by atoms with Crippen molar-refractivity contribution in [3.63, 3.8) is 0 Å². The summed E-state index contributed by atoms with van der Waals surface area (Å²) in [5.41, 5.74) is 9.90. The average Bonchev–Trinajstić information content (AvgIpc) is 2.93. The molecule has 0 saturated heterocycles. The maximum absolute atomic E-state index is 11.3. The van der Waals surface area contributed by atoms with Crippen LogP contribution >= 0.6 is 0 Å². The van der Waals surface area contributed by atoms with E-state index in [0.717, 1.165) is 27.7 Å². The molecule has 100 valence electrons. The SMILES string of the molecule is NC(=O)c1ccc(CO)c(-c2ccc3[nH]cnc3c2)c1. The van der Waals surface area contributed by atoms with Crippen molar-refractivity contribution < 1.29 is 9.90 Å². The molecule has 0 spiro atoms. The number of nitrogens with two attached hydrogens (primary N) is 1. The smallest absolute Gasteiger partial charge is 0.248 e. The Hall–Kier alpha value is -2.66. The van der Waals surface area contributed by atoms with Crippen molar-refractivity contribution in [3.8, 4) is 11.1 Å². The maximum atomic E-state index is 11.3. The molecule has 3 rings (SSSR count). The van der Waals surface area contributed by atoms with Gasteiger partial charge in [-0.2, -0.15) is 0 Å². The van der Waals surface area contributed by atoms with Crippen LogP contribution in [0.3, 0.4) is 0 Å². The molecule has 0 unspecified atom stereocenters. The molecule has 0 aliphatic rings. The van der Waals surface area contributed by atoms with Gasteiger partial charge in [-0.1, -0.05) is 12.1 Å². The van der Waals surface area contributed by atoms with Crippen LogP contribution in [0.2, 0.25) is 0 Å². The van der Waals surface area contributed by atoms with Gasteiger partial charge in [-0.15, -0.1) is 0 Å². The van der Waals surface area contributed by atoms with E-state index in [2.05, 4.69) is 9.97 Å². The lowest BCUT2D eigenvalue weighted by Crippen LogP contribution is -2.11. The minimum absolute atomic E-state index is 0.104. The number of rotatable bonds is 3. The van der Waals surface area contributed by atoms with Gasteiger partial charge >= 0.3 is 0 Å². The highest BCUT2D eigenvalue weighted by Gasteiger charge is 2.10. The Bertz CT molecular complexity index is 793. The summed E-state index contributed by atoms with van der Waals surface area (Å²) in [6.45, 7) is -0.104. The number of benzene rings is 2. The maximum Gasteiger partial charge on any atom is 0.248 e. The second-order valence-electron chi connectivity index (χ2n) is 4.53. The van der Waals surface area contributed by atoms with Crippen LogP contribution in [0.1, 0.15) is 15.9 Å². The molecule has 1 heterocycles. The van der Waals surface area contributed by atoms with Crippen LogP contribution in [0.5, 0.6) is 0 Å². The molecule has 0 radical (unpaired) electrons. The number of amides is 1. The molecule has 5 nitrogen and oxygen atoms in total. The van der Waals surface area contributed by atoms with Gasteiger partial charge in [0.2, 0.25) is 5.91 Å². The van der Waals surface area contributed by atoms with E-state index in [1.54, 1.807) is 24.5 Å². The first kappa shape index (κ1) is 12.4. The number of aromatic nitrogens is 2. The van der Waals surface area contributed by atoms with Crippen LogP contribution in [0, 0.1) is 0 Å². The number of hydrogen-bond donors (Lipinski definition) is 3. The van der Waals surface area contributed by atoms with Gasteiger partial charge in [0, 0.05) is 5.56 Å². The first-order valence-electron chi connectivity index (χ1n) is 6.16. The lowest BCUT2D eigenvalue weighted by Gasteiger charge is -2.09. The second-order valence-corrected chi connectivity index (χ2v) is 4.53. The van der Waals surface area contributed by atoms with Crippen LogP contribution in [-0.4, -0.2) is 21.0 Å². The third-order valence-corrected chi connectivity index (χ3v) is 3.30. The summed E-state index contributed by atoms with van der Waals surface area (Å²) in [7, 11) is 0. The van der Waals surface area contributed by atoms with E-state index >= 15 is 0 Å². The number of nitrogens with one attached hydrogen (secondary N) is 1. The molecule has 0 aliphatic heterocycles. The van der Waals surface area contributed by atoms with E-state index in [1.807, 2.05) is 18.2 Å². The minimum atomic E-state index is -0.489. The number of aliphatic hydroxyl groups excluding tert-OH is 1. The molecule has 4 N–H and O–H groups in total. The first-order chi connectivity index (χ1) is 9.69. The number of carbonyl (C=O) groups is 1. The Labute approximate surface area is 115 Å². The van der Waals surface area contributed by atoms with Gasteiger partial charge in [-0.05, 0) is 41.0 Å². The summed E-state index contributed by atoms with van der Waals surface area (Å²) in [6.07, 6.45) is 1.63. The molecule has 3 aromatic rings. The zero-order valence-corrected chi connectivity index (χ0v) is 10.6. The Balaban J connectivity index is 2.20. The number of aliphatic hydroxyl groups is 1. The fourth-order valence-electron chi connectivity index (χ4n) is 2.24. The van der Waals surface area contributed by atoms with Gasteiger partial charge in [-0.25, -0.2) is 4.98 Å². The highest BCUT2D eigenvalue weighted by molar-refractivity contribution is 5.95. The molecule has 0 aliphatic carbocycles. The molecule has 2 aromatic carbocycles. The fraction of sp³-hybridized carbons (Fsp3) is 0.0667. The third-order valence-electron chi connectivity index (χ3n) is 3.30. The normalized spacial score (nSPS) is 10.8. The van der Waals surface area contributed by atoms with E-state index < -0.39 is 5.91 Å². The van der Waals surface area contributed by atoms with E-state index in [0.29, 0.717) is 5.56 Å². The Morgan fingerprint density at radius 3 is 2.85 bits per heavy atom. The third kappa shape index (κ3) is 2.04. The zero-order chi connectivity index (χ0) is 14.1. The Morgan fingerprint density at radius 1 is 1.25 bits per heavy atom. The molecular weight excluding hydrogens is 254 g/mol. The van der Waals surface area contributed by atoms with Crippen molar-refractivity contribution in [2.24, 2.45) is 5.73 Å². The number of imidazole rings is 1. The van der Waals surface area contributed by atoms with Crippen molar-refractivity contribution >= 4 is 16.9 Å². The molecule has 0 atom stereocenters. The second kappa shape index (κ2) is 4.79. The number of hydrogen-bond acceptors (Lipinski definition) is 3. The Morgan fingerprint density at radius 2 is 2.10 bits per heavy atom. The monoisotopic (exact) mass is 267 g/mol. The van der Waals surface area contributed by atoms with E-state index in [4.69, 9.17) is 5.73 Å². The topological polar surface area (TPSA) is 92.0 Å². The molecule has 5 heteroatoms. The predicted molar refractivity (Wildman–Crippen MR) is 76.0 cm³/mol. The summed E-state index contributed by atoms with van der Waals surface area (Å²) in [6, 6.07) is 10.8. The van der Waals surface area contributed by atoms with Crippen molar-refractivity contribution in [3.05, 3.63) is 53.9 Å².